The van der Waals surface area contributed by atoms with Gasteiger partial charge < -0.3 is 50.2 Å². The molecule has 0 bridgehead atoms. The number of carbonyl (C=O) groups excluding carboxylic acids is 2. The first kappa shape index (κ1) is 22.7. The minimum atomic E-state index is -0.512. The van der Waals surface area contributed by atoms with Crippen molar-refractivity contribution in [2.45, 2.75) is 13.1 Å². The summed E-state index contributed by atoms with van der Waals surface area (Å²) >= 11 is 0. The van der Waals surface area contributed by atoms with Crippen molar-refractivity contribution in [2.24, 2.45) is 10.9 Å². The predicted molar refractivity (Wildman–Crippen MR) is 80.7 cm³/mol. The molecule has 0 radical (unpaired) electrons. The van der Waals surface area contributed by atoms with Crippen molar-refractivity contribution in [1.82, 2.24) is 0 Å². The molecule has 0 saturated carbocycles. The number of hydrogen-bond acceptors (Lipinski definition) is 4. The molecule has 10 heteroatoms. The zero-order valence-electron chi connectivity index (χ0n) is 13.0. The topological polar surface area (TPSA) is 113 Å². The monoisotopic (exact) mass is 473 g/mol. The van der Waals surface area contributed by atoms with Crippen LogP contribution in [-0.4, -0.2) is 23.2 Å². The van der Waals surface area contributed by atoms with Gasteiger partial charge >= 0.3 is 0 Å². The molecular weight excluding hydrogens is 458 g/mol. The number of nitrogens with two attached hydrogens (primary N) is 1. The Morgan fingerprint density at radius 3 is 2.36 bits per heavy atom. The van der Waals surface area contributed by atoms with Crippen molar-refractivity contribution in [1.29, 1.82) is 0 Å². The third-order valence-electron chi connectivity index (χ3n) is 3.09. The molecule has 2 aromatic heterocycles. The number of aryl methyl sites for hydroxylation is 2. The number of nitrogens with one attached hydrogen (secondary N) is 1. The highest BCUT2D eigenvalue weighted by Gasteiger charge is 2.09. The Bertz CT molecular complexity index is 738. The number of primary amides is 1. The minimum Gasteiger partial charge on any atom is -1.00 e. The Morgan fingerprint density at radius 2 is 1.76 bits per heavy atom. The molecule has 0 aliphatic carbocycles. The summed E-state index contributed by atoms with van der Waals surface area (Å²) in [5, 5.41) is 13.5. The number of anilines is 1. The number of oxime groups is 1. The normalized spacial score (nSPS) is 9.76. The molecule has 0 saturated heterocycles. The smallest absolute Gasteiger partial charge is 0.270 e. The Kier molecular flexibility index (Phi) is 10.2. The van der Waals surface area contributed by atoms with Crippen molar-refractivity contribution in [3.8, 4) is 0 Å². The SMILES string of the molecule is NC(=O)c1cc[n+](CC[n+]2cccc(NC(=O)/C=N\O)c2)cc1.[Br-].[Br-]. The molecule has 0 fully saturated rings. The van der Waals surface area contributed by atoms with E-state index in [9.17, 15) is 9.59 Å². The Morgan fingerprint density at radius 1 is 1.12 bits per heavy atom. The van der Waals surface area contributed by atoms with Crippen LogP contribution in [0.5, 0.6) is 0 Å². The van der Waals surface area contributed by atoms with Gasteiger partial charge in [-0.2, -0.15) is 9.13 Å². The van der Waals surface area contributed by atoms with E-state index in [2.05, 4.69) is 10.5 Å². The fourth-order valence-electron chi connectivity index (χ4n) is 1.96. The highest BCUT2D eigenvalue weighted by atomic mass is 79.9. The minimum absolute atomic E-state index is 0. The van der Waals surface area contributed by atoms with Crippen molar-refractivity contribution < 1.29 is 57.9 Å². The van der Waals surface area contributed by atoms with E-state index in [0.29, 0.717) is 24.3 Å². The predicted octanol–water partition coefficient (Wildman–Crippen LogP) is -6.53. The number of carbonyl (C=O) groups is 2. The van der Waals surface area contributed by atoms with Gasteiger partial charge in [-0.25, -0.2) is 0 Å². The molecule has 0 unspecified atom stereocenters. The van der Waals surface area contributed by atoms with Gasteiger partial charge in [0.1, 0.15) is 11.9 Å². The summed E-state index contributed by atoms with van der Waals surface area (Å²) in [6.45, 7) is 1.34. The van der Waals surface area contributed by atoms with Gasteiger partial charge in [-0.1, -0.05) is 5.16 Å². The largest absolute Gasteiger partial charge is 1.00 e. The van der Waals surface area contributed by atoms with Crippen LogP contribution >= 0.6 is 0 Å². The Balaban J connectivity index is 0.00000288. The molecule has 2 amide bonds. The Hall–Kier alpha value is -2.33. The molecule has 0 aliphatic heterocycles. The molecule has 134 valence electrons. The van der Waals surface area contributed by atoms with Crippen molar-refractivity contribution >= 4 is 23.7 Å². The van der Waals surface area contributed by atoms with Crippen LogP contribution in [0.15, 0.2) is 54.2 Å². The van der Waals surface area contributed by atoms with Gasteiger partial charge in [0.25, 0.3) is 5.91 Å². The van der Waals surface area contributed by atoms with E-state index in [-0.39, 0.29) is 34.0 Å². The molecular formula is C15H17Br2N5O3. The average molecular weight is 475 g/mol. The van der Waals surface area contributed by atoms with Crippen LogP contribution in [-0.2, 0) is 17.9 Å². The summed E-state index contributed by atoms with van der Waals surface area (Å²) in [7, 11) is 0. The maximum Gasteiger partial charge on any atom is 0.270 e. The fourth-order valence-corrected chi connectivity index (χ4v) is 1.96. The Labute approximate surface area is 165 Å². The van der Waals surface area contributed by atoms with E-state index in [1.807, 2.05) is 15.3 Å². The van der Waals surface area contributed by atoms with E-state index >= 15 is 0 Å². The summed E-state index contributed by atoms with van der Waals surface area (Å²) in [6, 6.07) is 6.86. The lowest BCUT2D eigenvalue weighted by Gasteiger charge is -2.01. The molecule has 2 rings (SSSR count). The van der Waals surface area contributed by atoms with Gasteiger partial charge in [0.05, 0.1) is 5.56 Å². The van der Waals surface area contributed by atoms with Gasteiger partial charge in [-0.15, -0.1) is 0 Å². The number of pyridine rings is 2. The van der Waals surface area contributed by atoms with Crippen LogP contribution in [0.4, 0.5) is 5.69 Å². The van der Waals surface area contributed by atoms with Crippen LogP contribution in [0.25, 0.3) is 0 Å². The van der Waals surface area contributed by atoms with Crippen LogP contribution < -0.4 is 54.1 Å². The summed E-state index contributed by atoms with van der Waals surface area (Å²) in [4.78, 5) is 22.3. The van der Waals surface area contributed by atoms with Crippen molar-refractivity contribution in [3.05, 3.63) is 54.6 Å². The van der Waals surface area contributed by atoms with Gasteiger partial charge in [-0.05, 0) is 6.07 Å². The number of halogens is 2. The lowest BCUT2D eigenvalue weighted by atomic mass is 10.2. The van der Waals surface area contributed by atoms with Crippen molar-refractivity contribution in [3.63, 3.8) is 0 Å². The van der Waals surface area contributed by atoms with Gasteiger partial charge in [-0.3, -0.25) is 9.59 Å². The molecule has 0 aliphatic rings. The number of hydrogen-bond donors (Lipinski definition) is 3. The molecule has 2 aromatic rings. The summed E-state index contributed by atoms with van der Waals surface area (Å²) in [5.74, 6) is -0.969. The summed E-state index contributed by atoms with van der Waals surface area (Å²) in [5.41, 5.74) is 6.25. The maximum atomic E-state index is 11.3. The standard InChI is InChI=1S/C15H15N5O3.2BrH/c16-15(22)12-3-6-19(7-4-12)8-9-20-5-1-2-13(11-20)18-14(21)10-17-23;;/h1-7,10-11H,8-9H2,(H2-2,16,18,21,22,23);2*1H. The lowest BCUT2D eigenvalue weighted by Crippen LogP contribution is -3.00. The van der Waals surface area contributed by atoms with Crippen LogP contribution in [0.3, 0.4) is 0 Å². The van der Waals surface area contributed by atoms with E-state index in [4.69, 9.17) is 10.9 Å². The zero-order chi connectivity index (χ0) is 16.7. The second kappa shape index (κ2) is 11.3. The van der Waals surface area contributed by atoms with Crippen LogP contribution in [0.2, 0.25) is 0 Å². The molecule has 2 heterocycles. The maximum absolute atomic E-state index is 11.3. The van der Waals surface area contributed by atoms with E-state index < -0.39 is 11.8 Å². The van der Waals surface area contributed by atoms with E-state index in [0.717, 1.165) is 6.21 Å². The highest BCUT2D eigenvalue weighted by molar-refractivity contribution is 6.31. The first-order valence-electron chi connectivity index (χ1n) is 6.85. The first-order chi connectivity index (χ1) is 11.1. The average Bonchev–Trinajstić information content (AvgIpc) is 2.54. The fraction of sp³-hybridized carbons (Fsp3) is 0.133. The second-order valence-electron chi connectivity index (χ2n) is 4.75. The summed E-state index contributed by atoms with van der Waals surface area (Å²) < 4.78 is 3.82. The second-order valence-corrected chi connectivity index (χ2v) is 4.75. The number of rotatable bonds is 6. The number of amides is 2. The highest BCUT2D eigenvalue weighted by Crippen LogP contribution is 2.00. The number of aromatic nitrogens is 2. The van der Waals surface area contributed by atoms with Crippen molar-refractivity contribution in [2.75, 3.05) is 5.32 Å². The number of nitrogens with zero attached hydrogens (tertiary/aromatic N) is 3. The van der Waals surface area contributed by atoms with Crippen LogP contribution in [0, 0.1) is 0 Å². The molecule has 0 aromatic carbocycles. The third kappa shape index (κ3) is 7.40. The van der Waals surface area contributed by atoms with E-state index in [1.165, 1.54) is 0 Å². The molecule has 0 spiro atoms. The molecule has 25 heavy (non-hydrogen) atoms. The molecule has 4 N–H and O–H groups in total. The molecule has 8 nitrogen and oxygen atoms in total. The van der Waals surface area contributed by atoms with Gasteiger partial charge in [0.2, 0.25) is 19.0 Å². The quantitative estimate of drug-likeness (QED) is 0.167. The van der Waals surface area contributed by atoms with Gasteiger partial charge in [0.15, 0.2) is 24.8 Å². The zero-order valence-corrected chi connectivity index (χ0v) is 16.2. The molecule has 0 atom stereocenters. The third-order valence-corrected chi connectivity index (χ3v) is 3.09. The lowest BCUT2D eigenvalue weighted by molar-refractivity contribution is -0.778. The van der Waals surface area contributed by atoms with Gasteiger partial charge in [0, 0.05) is 18.2 Å². The van der Waals surface area contributed by atoms with E-state index in [1.54, 1.807) is 42.9 Å². The van der Waals surface area contributed by atoms with Crippen LogP contribution in [0.1, 0.15) is 10.4 Å². The summed E-state index contributed by atoms with van der Waals surface area (Å²) in [6.07, 6.45) is 7.98. The first-order valence-corrected chi connectivity index (χ1v) is 6.85.